The van der Waals surface area contributed by atoms with Crippen molar-refractivity contribution in [2.45, 2.75) is 10.8 Å². The van der Waals surface area contributed by atoms with Crippen LogP contribution < -0.4 is 0 Å². The number of halogens is 3. The highest BCUT2D eigenvalue weighted by molar-refractivity contribution is 6.50. The van der Waals surface area contributed by atoms with Gasteiger partial charge in [-0.25, -0.2) is 4.79 Å². The molecule has 0 radical (unpaired) electrons. The minimum Gasteiger partial charge on any atom is -0.478 e. The van der Waals surface area contributed by atoms with E-state index in [-0.39, 0.29) is 10.6 Å². The normalized spacial score (nSPS) is 21.2. The van der Waals surface area contributed by atoms with Crippen LogP contribution >= 0.6 is 34.8 Å². The van der Waals surface area contributed by atoms with Crippen LogP contribution in [0.3, 0.4) is 0 Å². The summed E-state index contributed by atoms with van der Waals surface area (Å²) in [7, 11) is 0. The summed E-state index contributed by atoms with van der Waals surface area (Å²) in [6.45, 7) is 0. The van der Waals surface area contributed by atoms with Gasteiger partial charge in [-0.05, 0) is 6.08 Å². The van der Waals surface area contributed by atoms with Crippen LogP contribution in [0, 0.1) is 0 Å². The molecule has 1 rings (SSSR count). The predicted molar refractivity (Wildman–Crippen MR) is 48.7 cm³/mol. The minimum atomic E-state index is -1.15. The molecule has 0 bridgehead atoms. The highest BCUT2D eigenvalue weighted by Crippen LogP contribution is 2.36. The topological polar surface area (TPSA) is 37.3 Å². The maximum absolute atomic E-state index is 10.5. The molecular weight excluding hydrogens is 222 g/mol. The molecule has 0 atom stereocenters. The van der Waals surface area contributed by atoms with Crippen molar-refractivity contribution in [2.24, 2.45) is 0 Å². The molecule has 1 aliphatic rings. The fourth-order valence-corrected chi connectivity index (χ4v) is 1.42. The highest BCUT2D eigenvalue weighted by atomic mass is 35.5. The van der Waals surface area contributed by atoms with Gasteiger partial charge < -0.3 is 5.11 Å². The molecule has 0 fully saturated rings. The molecule has 0 aromatic carbocycles. The van der Waals surface area contributed by atoms with Crippen molar-refractivity contribution in [1.29, 1.82) is 0 Å². The second kappa shape index (κ2) is 3.29. The minimum absolute atomic E-state index is 0.0482. The van der Waals surface area contributed by atoms with E-state index in [0.717, 1.165) is 0 Å². The Kier molecular flexibility index (Phi) is 2.71. The average molecular weight is 227 g/mol. The lowest BCUT2D eigenvalue weighted by atomic mass is 10.1. The molecule has 0 spiro atoms. The number of carbonyl (C=O) groups is 1. The number of hydrogen-bond donors (Lipinski definition) is 1. The number of carboxylic acid groups (broad SMARTS) is 1. The zero-order valence-corrected chi connectivity index (χ0v) is 8.12. The summed E-state index contributed by atoms with van der Waals surface area (Å²) in [4.78, 5) is 10.5. The largest absolute Gasteiger partial charge is 0.478 e. The summed E-state index contributed by atoms with van der Waals surface area (Å²) in [5, 5.41) is 8.81. The molecule has 0 amide bonds. The Morgan fingerprint density at radius 1 is 1.58 bits per heavy atom. The third-order valence-corrected chi connectivity index (χ3v) is 2.28. The standard InChI is InChI=1S/C7H5Cl3O2/c8-5-1-2-7(9,10)3-4(5)6(11)12/h1,3H,2H2,(H,11,12). The molecule has 0 aromatic rings. The monoisotopic (exact) mass is 226 g/mol. The Bertz CT molecular complexity index is 278. The fraction of sp³-hybridized carbons (Fsp3) is 0.286. The maximum atomic E-state index is 10.5. The van der Waals surface area contributed by atoms with E-state index in [0.29, 0.717) is 6.42 Å². The zero-order valence-electron chi connectivity index (χ0n) is 5.85. The van der Waals surface area contributed by atoms with Crippen molar-refractivity contribution < 1.29 is 9.90 Å². The molecule has 0 saturated carbocycles. The first-order chi connectivity index (χ1) is 5.42. The lowest BCUT2D eigenvalue weighted by Crippen LogP contribution is -2.16. The fourth-order valence-electron chi connectivity index (χ4n) is 0.839. The summed E-state index contributed by atoms with van der Waals surface area (Å²) in [6, 6.07) is 0. The third-order valence-electron chi connectivity index (χ3n) is 1.40. The Balaban J connectivity index is 3.02. The second-order valence-electron chi connectivity index (χ2n) is 2.38. The zero-order chi connectivity index (χ0) is 9.35. The van der Waals surface area contributed by atoms with Gasteiger partial charge in [0.1, 0.15) is 4.33 Å². The van der Waals surface area contributed by atoms with E-state index in [9.17, 15) is 4.79 Å². The SMILES string of the molecule is O=C(O)C1=CC(Cl)(Cl)CC=C1Cl. The Morgan fingerprint density at radius 3 is 2.58 bits per heavy atom. The molecular formula is C7H5Cl3O2. The van der Waals surface area contributed by atoms with Crippen LogP contribution in [-0.4, -0.2) is 15.4 Å². The van der Waals surface area contributed by atoms with Gasteiger partial charge in [0.15, 0.2) is 0 Å². The van der Waals surface area contributed by atoms with Crippen molar-refractivity contribution in [3.8, 4) is 0 Å². The lowest BCUT2D eigenvalue weighted by molar-refractivity contribution is -0.132. The van der Waals surface area contributed by atoms with Crippen molar-refractivity contribution in [3.05, 3.63) is 22.8 Å². The Labute approximate surface area is 84.4 Å². The molecule has 0 heterocycles. The first-order valence-corrected chi connectivity index (χ1v) is 4.26. The summed E-state index contributed by atoms with van der Waals surface area (Å²) < 4.78 is -1.15. The number of alkyl halides is 2. The van der Waals surface area contributed by atoms with E-state index in [1.165, 1.54) is 12.2 Å². The van der Waals surface area contributed by atoms with Crippen molar-refractivity contribution in [3.63, 3.8) is 0 Å². The summed E-state index contributed by atoms with van der Waals surface area (Å²) >= 11 is 17.0. The van der Waals surface area contributed by atoms with Gasteiger partial charge in [0, 0.05) is 6.42 Å². The van der Waals surface area contributed by atoms with Crippen LogP contribution in [0.5, 0.6) is 0 Å². The molecule has 0 saturated heterocycles. The van der Waals surface area contributed by atoms with Crippen LogP contribution in [0.4, 0.5) is 0 Å². The lowest BCUT2D eigenvalue weighted by Gasteiger charge is -2.18. The van der Waals surface area contributed by atoms with Crippen LogP contribution in [0.1, 0.15) is 6.42 Å². The van der Waals surface area contributed by atoms with Crippen LogP contribution in [0.2, 0.25) is 0 Å². The van der Waals surface area contributed by atoms with Crippen molar-refractivity contribution >= 4 is 40.8 Å². The van der Waals surface area contributed by atoms with E-state index >= 15 is 0 Å². The van der Waals surface area contributed by atoms with E-state index in [1.54, 1.807) is 0 Å². The Morgan fingerprint density at radius 2 is 2.17 bits per heavy atom. The molecule has 5 heteroatoms. The molecule has 0 unspecified atom stereocenters. The van der Waals surface area contributed by atoms with Gasteiger partial charge in [-0.1, -0.05) is 40.9 Å². The predicted octanol–water partition coefficient (Wildman–Crippen LogP) is 2.70. The molecule has 1 N–H and O–H groups in total. The van der Waals surface area contributed by atoms with E-state index in [1.807, 2.05) is 0 Å². The maximum Gasteiger partial charge on any atom is 0.336 e. The first kappa shape index (κ1) is 9.90. The Hall–Kier alpha value is -0.180. The van der Waals surface area contributed by atoms with Gasteiger partial charge in [-0.3, -0.25) is 0 Å². The summed E-state index contributed by atoms with van der Waals surface area (Å²) in [5.41, 5.74) is -0.0482. The number of aliphatic carboxylic acids is 1. The van der Waals surface area contributed by atoms with Gasteiger partial charge in [-0.2, -0.15) is 0 Å². The molecule has 1 aliphatic carbocycles. The van der Waals surface area contributed by atoms with Gasteiger partial charge >= 0.3 is 5.97 Å². The molecule has 66 valence electrons. The number of hydrogen-bond acceptors (Lipinski definition) is 1. The second-order valence-corrected chi connectivity index (χ2v) is 4.33. The molecule has 2 nitrogen and oxygen atoms in total. The van der Waals surface area contributed by atoms with Crippen LogP contribution in [-0.2, 0) is 4.79 Å². The van der Waals surface area contributed by atoms with E-state index in [4.69, 9.17) is 39.9 Å². The van der Waals surface area contributed by atoms with E-state index in [2.05, 4.69) is 0 Å². The number of allylic oxidation sites excluding steroid dienone is 2. The molecule has 0 aliphatic heterocycles. The summed E-state index contributed by atoms with van der Waals surface area (Å²) in [6.07, 6.45) is 3.05. The highest BCUT2D eigenvalue weighted by Gasteiger charge is 2.28. The molecule has 12 heavy (non-hydrogen) atoms. The van der Waals surface area contributed by atoms with E-state index < -0.39 is 10.3 Å². The van der Waals surface area contributed by atoms with Gasteiger partial charge in [-0.15, -0.1) is 0 Å². The van der Waals surface area contributed by atoms with Crippen molar-refractivity contribution in [1.82, 2.24) is 0 Å². The molecule has 0 aromatic heterocycles. The first-order valence-electron chi connectivity index (χ1n) is 3.12. The summed E-state index contributed by atoms with van der Waals surface area (Å²) in [5.74, 6) is -1.12. The number of rotatable bonds is 1. The van der Waals surface area contributed by atoms with Crippen LogP contribution in [0.25, 0.3) is 0 Å². The van der Waals surface area contributed by atoms with Gasteiger partial charge in [0.25, 0.3) is 0 Å². The van der Waals surface area contributed by atoms with Crippen LogP contribution in [0.15, 0.2) is 22.8 Å². The quantitative estimate of drug-likeness (QED) is 0.699. The average Bonchev–Trinajstić information content (AvgIpc) is 1.94. The van der Waals surface area contributed by atoms with Gasteiger partial charge in [0.05, 0.1) is 10.6 Å². The number of carboxylic acids is 1. The van der Waals surface area contributed by atoms with Gasteiger partial charge in [0.2, 0.25) is 0 Å². The van der Waals surface area contributed by atoms with Crippen molar-refractivity contribution in [2.75, 3.05) is 0 Å². The third kappa shape index (κ3) is 2.16. The smallest absolute Gasteiger partial charge is 0.336 e.